The topological polar surface area (TPSA) is 92.5 Å². The third kappa shape index (κ3) is 5.42. The predicted molar refractivity (Wildman–Crippen MR) is 126 cm³/mol. The first kappa shape index (κ1) is 23.0. The lowest BCUT2D eigenvalue weighted by molar-refractivity contribution is -0.122. The second-order valence-electron chi connectivity index (χ2n) is 7.56. The van der Waals surface area contributed by atoms with E-state index in [1.165, 1.54) is 24.6 Å². The van der Waals surface area contributed by atoms with Crippen molar-refractivity contribution in [3.05, 3.63) is 95.7 Å². The number of aromatic nitrogens is 1. The molecule has 4 aromatic rings. The third-order valence-corrected chi connectivity index (χ3v) is 7.22. The molecule has 0 aliphatic heterocycles. The average Bonchev–Trinajstić information content (AvgIpc) is 3.32. The van der Waals surface area contributed by atoms with E-state index in [2.05, 4.69) is 10.3 Å². The molecule has 9 heteroatoms. The number of rotatable bonds is 8. The Morgan fingerprint density at radius 3 is 2.58 bits per heavy atom. The number of nitrogens with zero attached hydrogens (tertiary/aromatic N) is 2. The van der Waals surface area contributed by atoms with E-state index in [0.717, 1.165) is 20.6 Å². The molecule has 2 heterocycles. The highest BCUT2D eigenvalue weighted by Crippen LogP contribution is 2.22. The molecular weight excluding hydrogens is 462 g/mol. The van der Waals surface area contributed by atoms with Crippen LogP contribution in [0, 0.1) is 0 Å². The van der Waals surface area contributed by atoms with E-state index in [4.69, 9.17) is 16.0 Å². The number of halogens is 1. The Balaban J connectivity index is 1.53. The molecule has 0 fully saturated rings. The Hall–Kier alpha value is -3.20. The highest BCUT2D eigenvalue weighted by Gasteiger charge is 2.28. The SMILES string of the molecule is CC(NC(=O)CN(Cc1ccco1)S(=O)(=O)c1ccc(Cl)nc1)c1ccc2ccccc2c1. The number of carbonyl (C=O) groups is 1. The quantitative estimate of drug-likeness (QED) is 0.371. The van der Waals surface area contributed by atoms with Gasteiger partial charge in [-0.05, 0) is 53.6 Å². The van der Waals surface area contributed by atoms with E-state index in [9.17, 15) is 13.2 Å². The second-order valence-corrected chi connectivity index (χ2v) is 9.89. The van der Waals surface area contributed by atoms with E-state index in [1.54, 1.807) is 12.1 Å². The van der Waals surface area contributed by atoms with Gasteiger partial charge in [-0.1, -0.05) is 48.0 Å². The number of pyridine rings is 1. The Bertz CT molecular complexity index is 1360. The van der Waals surface area contributed by atoms with Crippen molar-refractivity contribution in [3.8, 4) is 0 Å². The molecule has 0 radical (unpaired) electrons. The van der Waals surface area contributed by atoms with Gasteiger partial charge in [0, 0.05) is 6.20 Å². The Labute approximate surface area is 197 Å². The molecule has 4 rings (SSSR count). The Kier molecular flexibility index (Phi) is 6.78. The molecule has 0 aliphatic rings. The molecule has 2 aromatic carbocycles. The van der Waals surface area contributed by atoms with Crippen LogP contribution in [0.2, 0.25) is 5.15 Å². The lowest BCUT2D eigenvalue weighted by Crippen LogP contribution is -2.41. The van der Waals surface area contributed by atoms with Gasteiger partial charge >= 0.3 is 0 Å². The zero-order valence-corrected chi connectivity index (χ0v) is 19.4. The fourth-order valence-corrected chi connectivity index (χ4v) is 4.89. The Morgan fingerprint density at radius 1 is 1.09 bits per heavy atom. The number of sulfonamides is 1. The monoisotopic (exact) mass is 483 g/mol. The molecule has 0 bridgehead atoms. The maximum absolute atomic E-state index is 13.2. The smallest absolute Gasteiger partial charge is 0.245 e. The standard InChI is InChI=1S/C24H22ClN3O4S/c1-17(19-9-8-18-5-2-3-6-20(18)13-19)27-24(29)16-28(15-21-7-4-12-32-21)33(30,31)22-10-11-23(25)26-14-22/h2-14,17H,15-16H2,1H3,(H,27,29). The minimum absolute atomic E-state index is 0.0613. The highest BCUT2D eigenvalue weighted by molar-refractivity contribution is 7.89. The molecule has 1 unspecified atom stereocenters. The number of carbonyl (C=O) groups excluding carboxylic acids is 1. The van der Waals surface area contributed by atoms with Crippen LogP contribution in [0.15, 0.2) is 88.5 Å². The van der Waals surface area contributed by atoms with Crippen LogP contribution in [0.1, 0.15) is 24.3 Å². The van der Waals surface area contributed by atoms with Gasteiger partial charge in [-0.15, -0.1) is 0 Å². The van der Waals surface area contributed by atoms with E-state index >= 15 is 0 Å². The number of hydrogen-bond acceptors (Lipinski definition) is 5. The summed E-state index contributed by atoms with van der Waals surface area (Å²) in [6.07, 6.45) is 2.62. The van der Waals surface area contributed by atoms with E-state index in [1.807, 2.05) is 49.4 Å². The lowest BCUT2D eigenvalue weighted by atomic mass is 10.0. The van der Waals surface area contributed by atoms with Gasteiger partial charge in [0.1, 0.15) is 15.8 Å². The van der Waals surface area contributed by atoms with E-state index < -0.39 is 15.9 Å². The summed E-state index contributed by atoms with van der Waals surface area (Å²) in [5.41, 5.74) is 0.921. The van der Waals surface area contributed by atoms with Crippen LogP contribution in [0.3, 0.4) is 0 Å². The molecule has 0 saturated heterocycles. The third-order valence-electron chi connectivity index (χ3n) is 5.22. The predicted octanol–water partition coefficient (Wildman–Crippen LogP) is 4.55. The molecule has 0 aliphatic carbocycles. The first-order valence-corrected chi connectivity index (χ1v) is 12.1. The summed E-state index contributed by atoms with van der Waals surface area (Å²) in [4.78, 5) is 16.7. The van der Waals surface area contributed by atoms with Gasteiger partial charge in [0.05, 0.1) is 25.4 Å². The van der Waals surface area contributed by atoms with Gasteiger partial charge in [0.15, 0.2) is 0 Å². The van der Waals surface area contributed by atoms with Crippen LogP contribution >= 0.6 is 11.6 Å². The van der Waals surface area contributed by atoms with Gasteiger partial charge in [-0.3, -0.25) is 4.79 Å². The molecule has 1 amide bonds. The molecule has 2 aromatic heterocycles. The molecule has 1 N–H and O–H groups in total. The van der Waals surface area contributed by atoms with Crippen molar-refractivity contribution >= 4 is 38.3 Å². The maximum Gasteiger partial charge on any atom is 0.245 e. The summed E-state index contributed by atoms with van der Waals surface area (Å²) in [5, 5.41) is 5.23. The summed E-state index contributed by atoms with van der Waals surface area (Å²) in [6.45, 7) is 1.37. The molecule has 170 valence electrons. The molecule has 0 spiro atoms. The summed E-state index contributed by atoms with van der Waals surface area (Å²) in [5.74, 6) is -0.0245. The second kappa shape index (κ2) is 9.74. The number of amides is 1. The van der Waals surface area contributed by atoms with Crippen LogP contribution < -0.4 is 5.32 Å². The molecule has 7 nitrogen and oxygen atoms in total. The van der Waals surface area contributed by atoms with Crippen molar-refractivity contribution in [1.29, 1.82) is 0 Å². The number of nitrogens with one attached hydrogen (secondary N) is 1. The van der Waals surface area contributed by atoms with E-state index in [-0.39, 0.29) is 29.2 Å². The number of hydrogen-bond donors (Lipinski definition) is 1. The van der Waals surface area contributed by atoms with Gasteiger partial charge in [0.25, 0.3) is 0 Å². The minimum atomic E-state index is -4.03. The van der Waals surface area contributed by atoms with Gasteiger partial charge in [-0.25, -0.2) is 13.4 Å². The Morgan fingerprint density at radius 2 is 1.88 bits per heavy atom. The van der Waals surface area contributed by atoms with Gasteiger partial charge in [-0.2, -0.15) is 4.31 Å². The fraction of sp³-hybridized carbons (Fsp3) is 0.167. The van der Waals surface area contributed by atoms with Crippen molar-refractivity contribution in [3.63, 3.8) is 0 Å². The summed E-state index contributed by atoms with van der Waals surface area (Å²) >= 11 is 5.79. The number of benzene rings is 2. The van der Waals surface area contributed by atoms with Crippen LogP contribution in [0.5, 0.6) is 0 Å². The summed E-state index contributed by atoms with van der Waals surface area (Å²) in [6, 6.07) is 19.6. The van der Waals surface area contributed by atoms with Crippen molar-refractivity contribution in [1.82, 2.24) is 14.6 Å². The van der Waals surface area contributed by atoms with Crippen LogP contribution in [-0.4, -0.2) is 30.2 Å². The summed E-state index contributed by atoms with van der Waals surface area (Å²) in [7, 11) is -4.03. The van der Waals surface area contributed by atoms with Crippen molar-refractivity contribution in [2.24, 2.45) is 0 Å². The lowest BCUT2D eigenvalue weighted by Gasteiger charge is -2.22. The fourth-order valence-electron chi connectivity index (χ4n) is 3.47. The average molecular weight is 484 g/mol. The van der Waals surface area contributed by atoms with E-state index in [0.29, 0.717) is 5.76 Å². The molecule has 33 heavy (non-hydrogen) atoms. The first-order valence-electron chi connectivity index (χ1n) is 10.2. The van der Waals surface area contributed by atoms with Crippen molar-refractivity contribution in [2.45, 2.75) is 24.4 Å². The van der Waals surface area contributed by atoms with Gasteiger partial charge in [0.2, 0.25) is 15.9 Å². The van der Waals surface area contributed by atoms with Crippen LogP contribution in [0.25, 0.3) is 10.8 Å². The van der Waals surface area contributed by atoms with Gasteiger partial charge < -0.3 is 9.73 Å². The number of fused-ring (bicyclic) bond motifs is 1. The number of furan rings is 1. The maximum atomic E-state index is 13.2. The minimum Gasteiger partial charge on any atom is -0.468 e. The zero-order valence-electron chi connectivity index (χ0n) is 17.8. The molecule has 1 atom stereocenters. The summed E-state index contributed by atoms with van der Waals surface area (Å²) < 4.78 is 32.8. The van der Waals surface area contributed by atoms with Crippen LogP contribution in [0.4, 0.5) is 0 Å². The normalized spacial score (nSPS) is 12.7. The van der Waals surface area contributed by atoms with Crippen molar-refractivity contribution < 1.29 is 17.6 Å². The molecule has 0 saturated carbocycles. The first-order chi connectivity index (χ1) is 15.8. The highest BCUT2D eigenvalue weighted by atomic mass is 35.5. The largest absolute Gasteiger partial charge is 0.468 e. The van der Waals surface area contributed by atoms with Crippen molar-refractivity contribution in [2.75, 3.05) is 6.54 Å². The zero-order chi connectivity index (χ0) is 23.4. The molecular formula is C24H22ClN3O4S. The van der Waals surface area contributed by atoms with Crippen LogP contribution in [-0.2, 0) is 21.4 Å².